The van der Waals surface area contributed by atoms with Crippen LogP contribution in [0.3, 0.4) is 0 Å². The fourth-order valence-electron chi connectivity index (χ4n) is 3.37. The van der Waals surface area contributed by atoms with E-state index in [-0.39, 0.29) is 5.91 Å². The smallest absolute Gasteiger partial charge is 0.263 e. The Labute approximate surface area is 164 Å². The van der Waals surface area contributed by atoms with Crippen molar-refractivity contribution >= 4 is 17.5 Å². The van der Waals surface area contributed by atoms with Gasteiger partial charge in [0.1, 0.15) is 11.5 Å². The van der Waals surface area contributed by atoms with Gasteiger partial charge in [0.2, 0.25) is 0 Å². The minimum atomic E-state index is -1.00. The summed E-state index contributed by atoms with van der Waals surface area (Å²) in [5, 5.41) is 11.5. The number of aliphatic hydroxyl groups is 1. The second-order valence-electron chi connectivity index (χ2n) is 6.77. The normalized spacial score (nSPS) is 17.3. The molecule has 1 amide bonds. The van der Waals surface area contributed by atoms with E-state index in [0.717, 1.165) is 11.3 Å². The van der Waals surface area contributed by atoms with Crippen molar-refractivity contribution in [2.24, 2.45) is 0 Å². The summed E-state index contributed by atoms with van der Waals surface area (Å²) >= 11 is 6.24. The van der Waals surface area contributed by atoms with Gasteiger partial charge in [-0.3, -0.25) is 4.79 Å². The summed E-state index contributed by atoms with van der Waals surface area (Å²) in [6.07, 6.45) is 0.278. The molecule has 2 aromatic rings. The molecular weight excluding hydrogens is 366 g/mol. The van der Waals surface area contributed by atoms with Gasteiger partial charge in [0.15, 0.2) is 6.10 Å². The maximum absolute atomic E-state index is 12.7. The van der Waals surface area contributed by atoms with Crippen molar-refractivity contribution in [1.82, 2.24) is 4.90 Å². The van der Waals surface area contributed by atoms with Gasteiger partial charge in [-0.2, -0.15) is 0 Å². The highest BCUT2D eigenvalue weighted by Gasteiger charge is 2.37. The van der Waals surface area contributed by atoms with E-state index in [4.69, 9.17) is 21.1 Å². The molecule has 0 unspecified atom stereocenters. The summed E-state index contributed by atoms with van der Waals surface area (Å²) in [4.78, 5) is 14.4. The van der Waals surface area contributed by atoms with Crippen LogP contribution < -0.4 is 9.47 Å². The van der Waals surface area contributed by atoms with Gasteiger partial charge in [0.25, 0.3) is 5.91 Å². The van der Waals surface area contributed by atoms with Crippen LogP contribution in [0.2, 0.25) is 5.02 Å². The van der Waals surface area contributed by atoms with Gasteiger partial charge in [0, 0.05) is 23.7 Å². The van der Waals surface area contributed by atoms with E-state index in [2.05, 4.69) is 0 Å². The van der Waals surface area contributed by atoms with E-state index in [9.17, 15) is 9.90 Å². The Hall–Kier alpha value is -2.24. The second kappa shape index (κ2) is 8.19. The Kier molecular flexibility index (Phi) is 5.92. The Bertz CT molecular complexity index is 785. The number of benzene rings is 2. The predicted molar refractivity (Wildman–Crippen MR) is 104 cm³/mol. The first kappa shape index (κ1) is 19.5. The fourth-order valence-corrected chi connectivity index (χ4v) is 3.68. The van der Waals surface area contributed by atoms with Gasteiger partial charge in [-0.05, 0) is 50.1 Å². The van der Waals surface area contributed by atoms with Gasteiger partial charge in [0.05, 0.1) is 12.7 Å². The highest BCUT2D eigenvalue weighted by atomic mass is 35.5. The third-order valence-corrected chi connectivity index (χ3v) is 5.33. The van der Waals surface area contributed by atoms with Gasteiger partial charge >= 0.3 is 0 Å². The van der Waals surface area contributed by atoms with Crippen LogP contribution in [-0.4, -0.2) is 42.2 Å². The lowest BCUT2D eigenvalue weighted by Gasteiger charge is -2.39. The quantitative estimate of drug-likeness (QED) is 0.848. The lowest BCUT2D eigenvalue weighted by Crippen LogP contribution is -2.49. The molecule has 1 saturated heterocycles. The monoisotopic (exact) mass is 389 g/mol. The van der Waals surface area contributed by atoms with Crippen LogP contribution in [0.5, 0.6) is 11.5 Å². The maximum Gasteiger partial charge on any atom is 0.263 e. The number of ether oxygens (including phenoxy) is 2. The first-order chi connectivity index (χ1) is 12.9. The fraction of sp³-hybridized carbons (Fsp3) is 0.381. The lowest BCUT2D eigenvalue weighted by atomic mass is 9.84. The van der Waals surface area contributed by atoms with E-state index in [0.29, 0.717) is 36.7 Å². The Morgan fingerprint density at radius 3 is 2.30 bits per heavy atom. The average molecular weight is 390 g/mol. The van der Waals surface area contributed by atoms with E-state index in [1.165, 1.54) is 0 Å². The molecule has 0 aliphatic carbocycles. The summed E-state index contributed by atoms with van der Waals surface area (Å²) in [6.45, 7) is 2.65. The van der Waals surface area contributed by atoms with Crippen molar-refractivity contribution in [2.45, 2.75) is 31.5 Å². The third-order valence-electron chi connectivity index (χ3n) is 5.00. The SMILES string of the molecule is COc1ccc(O[C@H](C)C(=O)N2CCC(O)(c3ccccc3Cl)CC2)cc1. The molecule has 0 spiro atoms. The number of piperidine rings is 1. The summed E-state index contributed by atoms with van der Waals surface area (Å²) in [7, 11) is 1.60. The second-order valence-corrected chi connectivity index (χ2v) is 7.18. The number of rotatable bonds is 5. The Morgan fingerprint density at radius 2 is 1.70 bits per heavy atom. The highest BCUT2D eigenvalue weighted by molar-refractivity contribution is 6.31. The first-order valence-electron chi connectivity index (χ1n) is 9.00. The number of carbonyl (C=O) groups is 1. The molecule has 2 aromatic carbocycles. The molecule has 0 radical (unpaired) electrons. The number of halogens is 1. The molecule has 144 valence electrons. The standard InChI is InChI=1S/C21H24ClNO4/c1-15(27-17-9-7-16(26-2)8-10-17)20(24)23-13-11-21(25,12-14-23)18-5-3-4-6-19(18)22/h3-10,15,25H,11-14H2,1-2H3/t15-/m1/s1. The Morgan fingerprint density at radius 1 is 1.11 bits per heavy atom. The minimum absolute atomic E-state index is 0.0907. The van der Waals surface area contributed by atoms with Gasteiger partial charge < -0.3 is 19.5 Å². The molecule has 0 saturated carbocycles. The van der Waals surface area contributed by atoms with Crippen LogP contribution in [0.25, 0.3) is 0 Å². The van der Waals surface area contributed by atoms with Crippen LogP contribution in [-0.2, 0) is 10.4 Å². The molecule has 1 atom stereocenters. The maximum atomic E-state index is 12.7. The number of hydrogen-bond donors (Lipinski definition) is 1. The summed E-state index contributed by atoms with van der Waals surface area (Å²) < 4.78 is 10.9. The predicted octanol–water partition coefficient (Wildman–Crippen LogP) is 3.63. The summed E-state index contributed by atoms with van der Waals surface area (Å²) in [5.74, 6) is 1.25. The van der Waals surface area contributed by atoms with E-state index >= 15 is 0 Å². The number of methoxy groups -OCH3 is 1. The van der Waals surface area contributed by atoms with Crippen LogP contribution in [0.4, 0.5) is 0 Å². The molecule has 1 aliphatic heterocycles. The van der Waals surface area contributed by atoms with Crippen molar-refractivity contribution in [2.75, 3.05) is 20.2 Å². The zero-order chi connectivity index (χ0) is 19.4. The minimum Gasteiger partial charge on any atom is -0.497 e. The zero-order valence-electron chi connectivity index (χ0n) is 15.5. The summed E-state index contributed by atoms with van der Waals surface area (Å²) in [5.41, 5.74) is -0.281. The molecule has 6 heteroatoms. The van der Waals surface area contributed by atoms with E-state index in [1.54, 1.807) is 49.3 Å². The molecule has 0 aromatic heterocycles. The lowest BCUT2D eigenvalue weighted by molar-refractivity contribution is -0.142. The highest BCUT2D eigenvalue weighted by Crippen LogP contribution is 2.36. The van der Waals surface area contributed by atoms with Crippen molar-refractivity contribution in [1.29, 1.82) is 0 Å². The topological polar surface area (TPSA) is 59.0 Å². The van der Waals surface area contributed by atoms with Crippen LogP contribution >= 0.6 is 11.6 Å². The number of likely N-dealkylation sites (tertiary alicyclic amines) is 1. The van der Waals surface area contributed by atoms with E-state index < -0.39 is 11.7 Å². The van der Waals surface area contributed by atoms with Crippen molar-refractivity contribution in [3.8, 4) is 11.5 Å². The molecular formula is C21H24ClNO4. The van der Waals surface area contributed by atoms with Crippen molar-refractivity contribution in [3.05, 3.63) is 59.1 Å². The summed E-state index contributed by atoms with van der Waals surface area (Å²) in [6, 6.07) is 14.4. The van der Waals surface area contributed by atoms with Gasteiger partial charge in [-0.15, -0.1) is 0 Å². The molecule has 0 bridgehead atoms. The number of nitrogens with zero attached hydrogens (tertiary/aromatic N) is 1. The molecule has 3 rings (SSSR count). The van der Waals surface area contributed by atoms with Gasteiger partial charge in [-0.1, -0.05) is 29.8 Å². The largest absolute Gasteiger partial charge is 0.497 e. The van der Waals surface area contributed by atoms with Crippen LogP contribution in [0.1, 0.15) is 25.3 Å². The number of hydrogen-bond acceptors (Lipinski definition) is 4. The molecule has 27 heavy (non-hydrogen) atoms. The van der Waals surface area contributed by atoms with Crippen LogP contribution in [0.15, 0.2) is 48.5 Å². The zero-order valence-corrected chi connectivity index (χ0v) is 16.3. The Balaban J connectivity index is 1.59. The average Bonchev–Trinajstić information content (AvgIpc) is 2.69. The first-order valence-corrected chi connectivity index (χ1v) is 9.37. The molecule has 1 heterocycles. The van der Waals surface area contributed by atoms with Crippen molar-refractivity contribution < 1.29 is 19.4 Å². The number of amides is 1. The number of carbonyl (C=O) groups excluding carboxylic acids is 1. The molecule has 1 N–H and O–H groups in total. The van der Waals surface area contributed by atoms with Crippen molar-refractivity contribution in [3.63, 3.8) is 0 Å². The molecule has 1 fully saturated rings. The van der Waals surface area contributed by atoms with Gasteiger partial charge in [-0.25, -0.2) is 0 Å². The molecule has 1 aliphatic rings. The van der Waals surface area contributed by atoms with Crippen LogP contribution in [0, 0.1) is 0 Å². The molecule has 5 nitrogen and oxygen atoms in total. The third kappa shape index (κ3) is 4.37. The van der Waals surface area contributed by atoms with E-state index in [1.807, 2.05) is 18.2 Å².